The molecule has 2 rings (SSSR count). The van der Waals surface area contributed by atoms with Crippen LogP contribution in [0.25, 0.3) is 0 Å². The first-order chi connectivity index (χ1) is 6.40. The molecule has 1 aliphatic carbocycles. The minimum atomic E-state index is 0.706. The monoisotopic (exact) mass is 178 g/mol. The summed E-state index contributed by atoms with van der Waals surface area (Å²) in [5.41, 5.74) is 0. The van der Waals surface area contributed by atoms with E-state index in [-0.39, 0.29) is 0 Å². The first kappa shape index (κ1) is 9.02. The number of nitrogens with zero attached hydrogens (tertiary/aromatic N) is 2. The van der Waals surface area contributed by atoms with Gasteiger partial charge in [0.15, 0.2) is 0 Å². The molecule has 0 N–H and O–H groups in total. The molecule has 1 saturated carbocycles. The molecule has 0 unspecified atom stereocenters. The Kier molecular flexibility index (Phi) is 2.85. The van der Waals surface area contributed by atoms with Crippen molar-refractivity contribution >= 4 is 0 Å². The third kappa shape index (κ3) is 2.03. The second kappa shape index (κ2) is 4.11. The van der Waals surface area contributed by atoms with Crippen LogP contribution in [0.3, 0.4) is 0 Å². The van der Waals surface area contributed by atoms with Gasteiger partial charge in [-0.25, -0.2) is 0 Å². The van der Waals surface area contributed by atoms with Gasteiger partial charge in [0.1, 0.15) is 0 Å². The molecular weight excluding hydrogens is 160 g/mol. The molecule has 0 bridgehead atoms. The van der Waals surface area contributed by atoms with Crippen LogP contribution in [0, 0.1) is 23.2 Å². The van der Waals surface area contributed by atoms with Crippen molar-refractivity contribution in [3.05, 3.63) is 0 Å². The Morgan fingerprint density at radius 3 is 2.46 bits per heavy atom. The summed E-state index contributed by atoms with van der Waals surface area (Å²) in [6.07, 6.45) is 6.56. The van der Waals surface area contributed by atoms with Gasteiger partial charge in [-0.15, -0.1) is 0 Å². The van der Waals surface area contributed by atoms with Crippen LogP contribution in [0.1, 0.15) is 32.1 Å². The van der Waals surface area contributed by atoms with Gasteiger partial charge >= 0.3 is 0 Å². The van der Waals surface area contributed by atoms with Gasteiger partial charge in [0.25, 0.3) is 0 Å². The van der Waals surface area contributed by atoms with Crippen molar-refractivity contribution in [2.24, 2.45) is 11.8 Å². The van der Waals surface area contributed by atoms with Gasteiger partial charge < -0.3 is 4.90 Å². The second-order valence-electron chi connectivity index (χ2n) is 4.47. The average Bonchev–Trinajstić information content (AvgIpc) is 2.54. The molecule has 2 fully saturated rings. The molecule has 0 radical (unpaired) electrons. The third-order valence-electron chi connectivity index (χ3n) is 3.59. The van der Waals surface area contributed by atoms with Gasteiger partial charge in [0.05, 0.1) is 6.07 Å². The van der Waals surface area contributed by atoms with Crippen LogP contribution >= 0.6 is 0 Å². The topological polar surface area (TPSA) is 27.0 Å². The van der Waals surface area contributed by atoms with Crippen LogP contribution in [0.5, 0.6) is 0 Å². The van der Waals surface area contributed by atoms with Gasteiger partial charge in [-0.2, -0.15) is 5.26 Å². The second-order valence-corrected chi connectivity index (χ2v) is 4.47. The summed E-state index contributed by atoms with van der Waals surface area (Å²) in [5, 5.41) is 8.44. The fourth-order valence-corrected chi connectivity index (χ4v) is 2.73. The van der Waals surface area contributed by atoms with E-state index in [2.05, 4.69) is 11.0 Å². The van der Waals surface area contributed by atoms with Gasteiger partial charge in [-0.05, 0) is 11.8 Å². The number of likely N-dealkylation sites (tertiary alicyclic amines) is 1. The quantitative estimate of drug-likeness (QED) is 0.661. The first-order valence-corrected chi connectivity index (χ1v) is 5.49. The van der Waals surface area contributed by atoms with Crippen molar-refractivity contribution in [1.82, 2.24) is 4.90 Å². The molecule has 0 aromatic carbocycles. The minimum absolute atomic E-state index is 0.706. The Bertz CT molecular complexity index is 195. The lowest BCUT2D eigenvalue weighted by Crippen LogP contribution is -2.49. The summed E-state index contributed by atoms with van der Waals surface area (Å²) in [5.74, 6) is 2.00. The summed E-state index contributed by atoms with van der Waals surface area (Å²) in [6.45, 7) is 3.54. The zero-order valence-corrected chi connectivity index (χ0v) is 8.21. The highest BCUT2D eigenvalue weighted by Crippen LogP contribution is 2.36. The highest BCUT2D eigenvalue weighted by molar-refractivity contribution is 4.88. The maximum Gasteiger partial charge on any atom is 0.0635 e. The molecule has 1 saturated heterocycles. The molecule has 2 aliphatic rings. The lowest BCUT2D eigenvalue weighted by molar-refractivity contribution is 0.0613. The van der Waals surface area contributed by atoms with E-state index < -0.39 is 0 Å². The van der Waals surface area contributed by atoms with Crippen molar-refractivity contribution in [2.45, 2.75) is 32.1 Å². The predicted octanol–water partition coefficient (Wildman–Crippen LogP) is 2.02. The molecule has 0 aromatic rings. The Balaban J connectivity index is 1.64. The van der Waals surface area contributed by atoms with Gasteiger partial charge in [-0.3, -0.25) is 0 Å². The summed E-state index contributed by atoms with van der Waals surface area (Å²) in [4.78, 5) is 2.42. The molecule has 2 heteroatoms. The van der Waals surface area contributed by atoms with Crippen LogP contribution in [0.15, 0.2) is 0 Å². The number of nitriles is 1. The van der Waals surface area contributed by atoms with E-state index in [1.807, 2.05) is 0 Å². The van der Waals surface area contributed by atoms with Crippen molar-refractivity contribution in [2.75, 3.05) is 19.6 Å². The highest BCUT2D eigenvalue weighted by Gasteiger charge is 2.33. The Morgan fingerprint density at radius 2 is 1.85 bits per heavy atom. The largest absolute Gasteiger partial charge is 0.302 e. The minimum Gasteiger partial charge on any atom is -0.302 e. The van der Waals surface area contributed by atoms with Crippen LogP contribution in [-0.2, 0) is 0 Å². The van der Waals surface area contributed by atoms with E-state index in [1.165, 1.54) is 38.8 Å². The fraction of sp³-hybridized carbons (Fsp3) is 0.909. The highest BCUT2D eigenvalue weighted by atomic mass is 15.2. The Morgan fingerprint density at radius 1 is 1.15 bits per heavy atom. The van der Waals surface area contributed by atoms with Gasteiger partial charge in [0.2, 0.25) is 0 Å². The fourth-order valence-electron chi connectivity index (χ4n) is 2.73. The zero-order chi connectivity index (χ0) is 9.10. The Hall–Kier alpha value is -0.550. The van der Waals surface area contributed by atoms with Crippen molar-refractivity contribution < 1.29 is 0 Å². The van der Waals surface area contributed by atoms with Gasteiger partial charge in [-0.1, -0.05) is 25.7 Å². The van der Waals surface area contributed by atoms with Crippen molar-refractivity contribution in [3.63, 3.8) is 0 Å². The lowest BCUT2D eigenvalue weighted by Gasteiger charge is -2.42. The van der Waals surface area contributed by atoms with Crippen LogP contribution < -0.4 is 0 Å². The third-order valence-corrected chi connectivity index (χ3v) is 3.59. The van der Waals surface area contributed by atoms with Crippen LogP contribution in [-0.4, -0.2) is 24.5 Å². The summed E-state index contributed by atoms with van der Waals surface area (Å²) in [7, 11) is 0. The number of hydrogen-bond acceptors (Lipinski definition) is 2. The van der Waals surface area contributed by atoms with E-state index >= 15 is 0 Å². The van der Waals surface area contributed by atoms with E-state index in [0.717, 1.165) is 18.4 Å². The van der Waals surface area contributed by atoms with E-state index in [4.69, 9.17) is 5.26 Å². The normalized spacial score (nSPS) is 25.8. The van der Waals surface area contributed by atoms with E-state index in [9.17, 15) is 0 Å². The first-order valence-electron chi connectivity index (χ1n) is 5.49. The zero-order valence-electron chi connectivity index (χ0n) is 8.21. The lowest BCUT2D eigenvalue weighted by atomic mass is 9.84. The van der Waals surface area contributed by atoms with Crippen molar-refractivity contribution in [1.29, 1.82) is 5.26 Å². The van der Waals surface area contributed by atoms with Gasteiger partial charge in [0, 0.05) is 26.1 Å². The molecular formula is C11H18N2. The summed E-state index contributed by atoms with van der Waals surface area (Å²) >= 11 is 0. The molecule has 13 heavy (non-hydrogen) atoms. The van der Waals surface area contributed by atoms with E-state index in [0.29, 0.717) is 6.42 Å². The van der Waals surface area contributed by atoms with Crippen LogP contribution in [0.2, 0.25) is 0 Å². The summed E-state index contributed by atoms with van der Waals surface area (Å²) < 4.78 is 0. The molecule has 1 heterocycles. The molecule has 0 aromatic heterocycles. The van der Waals surface area contributed by atoms with Crippen molar-refractivity contribution in [3.8, 4) is 6.07 Å². The smallest absolute Gasteiger partial charge is 0.0635 e. The molecule has 2 nitrogen and oxygen atoms in total. The maximum absolute atomic E-state index is 8.44. The number of hydrogen-bond donors (Lipinski definition) is 0. The number of rotatable bonds is 3. The molecule has 0 atom stereocenters. The molecule has 0 spiro atoms. The average molecular weight is 178 g/mol. The standard InChI is InChI=1S/C11H18N2/c12-6-3-7-13-8-11(9-13)10-4-1-2-5-10/h10-11H,1-5,7-9H2. The maximum atomic E-state index is 8.44. The van der Waals surface area contributed by atoms with Crippen LogP contribution in [0.4, 0.5) is 0 Å². The predicted molar refractivity (Wildman–Crippen MR) is 52.1 cm³/mol. The molecule has 72 valence electrons. The van der Waals surface area contributed by atoms with E-state index in [1.54, 1.807) is 0 Å². The molecule has 1 aliphatic heterocycles. The molecule has 0 amide bonds. The SMILES string of the molecule is N#CCCN1CC(C2CCCC2)C1. The Labute approximate surface area is 80.5 Å². The summed E-state index contributed by atoms with van der Waals surface area (Å²) in [6, 6.07) is 2.21.